The van der Waals surface area contributed by atoms with E-state index in [0.717, 1.165) is 28.5 Å². The fraction of sp³-hybridized carbons (Fsp3) is 0.538. The SMILES string of the molecule is NC1CCN(C2CC2)C1c1ccc(Cl)cc1Br. The molecular weight excluding hydrogens is 300 g/mol. The summed E-state index contributed by atoms with van der Waals surface area (Å²) in [6.07, 6.45) is 3.75. The Morgan fingerprint density at radius 3 is 2.71 bits per heavy atom. The summed E-state index contributed by atoms with van der Waals surface area (Å²) >= 11 is 9.61. The topological polar surface area (TPSA) is 29.3 Å². The Morgan fingerprint density at radius 2 is 2.06 bits per heavy atom. The molecule has 1 aliphatic heterocycles. The lowest BCUT2D eigenvalue weighted by Crippen LogP contribution is -2.33. The van der Waals surface area contributed by atoms with Crippen molar-refractivity contribution in [1.82, 2.24) is 4.90 Å². The van der Waals surface area contributed by atoms with Gasteiger partial charge in [0, 0.05) is 28.1 Å². The van der Waals surface area contributed by atoms with E-state index in [-0.39, 0.29) is 6.04 Å². The summed E-state index contributed by atoms with van der Waals surface area (Å²) in [6.45, 7) is 1.13. The van der Waals surface area contributed by atoms with Crippen LogP contribution in [-0.4, -0.2) is 23.5 Å². The van der Waals surface area contributed by atoms with Gasteiger partial charge < -0.3 is 5.73 Å². The van der Waals surface area contributed by atoms with E-state index in [9.17, 15) is 0 Å². The molecule has 2 fully saturated rings. The highest BCUT2D eigenvalue weighted by Crippen LogP contribution is 2.42. The average Bonchev–Trinajstić information content (AvgIpc) is 3.04. The van der Waals surface area contributed by atoms with Crippen molar-refractivity contribution in [3.8, 4) is 0 Å². The summed E-state index contributed by atoms with van der Waals surface area (Å²) in [5.41, 5.74) is 7.56. The zero-order valence-corrected chi connectivity index (χ0v) is 11.9. The second-order valence-electron chi connectivity index (χ2n) is 5.03. The van der Waals surface area contributed by atoms with Gasteiger partial charge in [0.1, 0.15) is 0 Å². The van der Waals surface area contributed by atoms with E-state index < -0.39 is 0 Å². The second kappa shape index (κ2) is 4.54. The van der Waals surface area contributed by atoms with Gasteiger partial charge in [0.15, 0.2) is 0 Å². The van der Waals surface area contributed by atoms with Crippen LogP contribution in [0.25, 0.3) is 0 Å². The van der Waals surface area contributed by atoms with Crippen LogP contribution in [0.1, 0.15) is 30.9 Å². The second-order valence-corrected chi connectivity index (χ2v) is 6.32. The Balaban J connectivity index is 1.94. The number of hydrogen-bond acceptors (Lipinski definition) is 2. The van der Waals surface area contributed by atoms with Crippen LogP contribution in [0.2, 0.25) is 5.02 Å². The van der Waals surface area contributed by atoms with Gasteiger partial charge in [-0.1, -0.05) is 33.6 Å². The van der Waals surface area contributed by atoms with Crippen molar-refractivity contribution in [3.05, 3.63) is 33.3 Å². The van der Waals surface area contributed by atoms with Crippen molar-refractivity contribution in [2.45, 2.75) is 37.4 Å². The predicted molar refractivity (Wildman–Crippen MR) is 74.2 cm³/mol. The summed E-state index contributed by atoms with van der Waals surface area (Å²) in [5, 5.41) is 0.769. The minimum absolute atomic E-state index is 0.244. The van der Waals surface area contributed by atoms with E-state index in [1.54, 1.807) is 0 Å². The van der Waals surface area contributed by atoms with Crippen LogP contribution < -0.4 is 5.73 Å². The molecule has 1 aromatic carbocycles. The van der Waals surface area contributed by atoms with Crippen molar-refractivity contribution < 1.29 is 0 Å². The monoisotopic (exact) mass is 314 g/mol. The van der Waals surface area contributed by atoms with E-state index in [2.05, 4.69) is 26.9 Å². The van der Waals surface area contributed by atoms with Gasteiger partial charge in [0.05, 0.1) is 6.04 Å². The van der Waals surface area contributed by atoms with E-state index in [1.807, 2.05) is 12.1 Å². The number of hydrogen-bond donors (Lipinski definition) is 1. The van der Waals surface area contributed by atoms with Crippen LogP contribution in [0.4, 0.5) is 0 Å². The van der Waals surface area contributed by atoms with Gasteiger partial charge >= 0.3 is 0 Å². The molecule has 2 aliphatic rings. The van der Waals surface area contributed by atoms with Gasteiger partial charge in [0.2, 0.25) is 0 Å². The molecule has 1 saturated heterocycles. The highest BCUT2D eigenvalue weighted by atomic mass is 79.9. The van der Waals surface area contributed by atoms with Gasteiger partial charge in [-0.3, -0.25) is 4.90 Å². The van der Waals surface area contributed by atoms with Gasteiger partial charge in [0.25, 0.3) is 0 Å². The van der Waals surface area contributed by atoms with Crippen molar-refractivity contribution >= 4 is 27.5 Å². The number of likely N-dealkylation sites (tertiary alicyclic amines) is 1. The lowest BCUT2D eigenvalue weighted by atomic mass is 10.0. The predicted octanol–water partition coefficient (Wildman–Crippen LogP) is 3.34. The maximum atomic E-state index is 6.28. The summed E-state index contributed by atoms with van der Waals surface area (Å²) in [4.78, 5) is 2.57. The number of benzene rings is 1. The average molecular weight is 316 g/mol. The van der Waals surface area contributed by atoms with Gasteiger partial charge in [-0.25, -0.2) is 0 Å². The Kier molecular flexibility index (Phi) is 3.20. The number of nitrogens with zero attached hydrogens (tertiary/aromatic N) is 1. The molecule has 17 heavy (non-hydrogen) atoms. The molecule has 1 aliphatic carbocycles. The molecule has 1 saturated carbocycles. The molecule has 3 rings (SSSR count). The molecule has 0 amide bonds. The third kappa shape index (κ3) is 2.26. The first-order valence-corrected chi connectivity index (χ1v) is 7.30. The zero-order chi connectivity index (χ0) is 12.0. The molecule has 0 spiro atoms. The first-order chi connectivity index (χ1) is 8.16. The first kappa shape index (κ1) is 12.0. The Hall–Kier alpha value is -0.0900. The summed E-state index contributed by atoms with van der Waals surface area (Å²) < 4.78 is 1.08. The van der Waals surface area contributed by atoms with Crippen LogP contribution in [-0.2, 0) is 0 Å². The molecule has 0 radical (unpaired) electrons. The maximum absolute atomic E-state index is 6.28. The normalized spacial score (nSPS) is 29.8. The van der Waals surface area contributed by atoms with Crippen molar-refractivity contribution in [1.29, 1.82) is 0 Å². The molecule has 0 aromatic heterocycles. The molecule has 4 heteroatoms. The number of halogens is 2. The van der Waals surface area contributed by atoms with Crippen LogP contribution in [0.3, 0.4) is 0 Å². The molecule has 1 aromatic rings. The van der Waals surface area contributed by atoms with Crippen LogP contribution >= 0.6 is 27.5 Å². The van der Waals surface area contributed by atoms with Crippen LogP contribution in [0.5, 0.6) is 0 Å². The van der Waals surface area contributed by atoms with Crippen molar-refractivity contribution in [3.63, 3.8) is 0 Å². The molecule has 2 unspecified atom stereocenters. The first-order valence-electron chi connectivity index (χ1n) is 6.13. The van der Waals surface area contributed by atoms with Gasteiger partial charge in [-0.05, 0) is 37.0 Å². The largest absolute Gasteiger partial charge is 0.326 e. The smallest absolute Gasteiger partial charge is 0.0513 e. The third-order valence-corrected chi connectivity index (χ3v) is 4.70. The quantitative estimate of drug-likeness (QED) is 0.907. The molecule has 2 nitrogen and oxygen atoms in total. The Morgan fingerprint density at radius 1 is 1.29 bits per heavy atom. The minimum atomic E-state index is 0.244. The van der Waals surface area contributed by atoms with Gasteiger partial charge in [-0.15, -0.1) is 0 Å². The van der Waals surface area contributed by atoms with E-state index >= 15 is 0 Å². The highest BCUT2D eigenvalue weighted by Gasteiger charge is 2.41. The Labute approximate surface area is 115 Å². The third-order valence-electron chi connectivity index (χ3n) is 3.78. The fourth-order valence-electron chi connectivity index (χ4n) is 2.81. The van der Waals surface area contributed by atoms with Crippen LogP contribution in [0, 0.1) is 0 Å². The molecule has 92 valence electrons. The lowest BCUT2D eigenvalue weighted by Gasteiger charge is -2.28. The Bertz CT molecular complexity index is 433. The zero-order valence-electron chi connectivity index (χ0n) is 9.57. The van der Waals surface area contributed by atoms with Gasteiger partial charge in [-0.2, -0.15) is 0 Å². The molecule has 1 heterocycles. The van der Waals surface area contributed by atoms with Crippen molar-refractivity contribution in [2.24, 2.45) is 5.73 Å². The van der Waals surface area contributed by atoms with Crippen molar-refractivity contribution in [2.75, 3.05) is 6.54 Å². The number of rotatable bonds is 2. The van der Waals surface area contributed by atoms with Crippen LogP contribution in [0.15, 0.2) is 22.7 Å². The van der Waals surface area contributed by atoms with E-state index in [0.29, 0.717) is 6.04 Å². The molecular formula is C13H16BrClN2. The molecule has 0 bridgehead atoms. The molecule has 2 atom stereocenters. The fourth-order valence-corrected chi connectivity index (χ4v) is 3.72. The maximum Gasteiger partial charge on any atom is 0.0513 e. The lowest BCUT2D eigenvalue weighted by molar-refractivity contribution is 0.237. The number of nitrogens with two attached hydrogens (primary N) is 1. The van der Waals surface area contributed by atoms with E-state index in [4.69, 9.17) is 17.3 Å². The standard InChI is InChI=1S/C13H16BrClN2/c14-11-7-8(15)1-4-10(11)13-12(16)5-6-17(13)9-2-3-9/h1,4,7,9,12-13H,2-3,5-6,16H2. The highest BCUT2D eigenvalue weighted by molar-refractivity contribution is 9.10. The summed E-state index contributed by atoms with van der Waals surface area (Å²) in [7, 11) is 0. The molecule has 2 N–H and O–H groups in total. The minimum Gasteiger partial charge on any atom is -0.326 e. The van der Waals surface area contributed by atoms with E-state index in [1.165, 1.54) is 18.4 Å². The summed E-state index contributed by atoms with van der Waals surface area (Å²) in [5.74, 6) is 0. The summed E-state index contributed by atoms with van der Waals surface area (Å²) in [6, 6.07) is 7.39.